The molecular weight excluding hydrogens is 499 g/mol. The smallest absolute Gasteiger partial charge is 0.185 e. The van der Waals surface area contributed by atoms with Gasteiger partial charge in [0.2, 0.25) is 0 Å². The Labute approximate surface area is 218 Å². The van der Waals surface area contributed by atoms with Gasteiger partial charge in [0.25, 0.3) is 0 Å². The Morgan fingerprint density at radius 2 is 1.87 bits per heavy atom. The highest BCUT2D eigenvalue weighted by molar-refractivity contribution is 5.96. The molecule has 1 fully saturated rings. The van der Waals surface area contributed by atoms with Crippen LogP contribution in [0.25, 0.3) is 11.3 Å². The maximum absolute atomic E-state index is 14.8. The SMILES string of the molecule is C[C@@H]1C[C@H](N)C[C@H](c2ccncc2CC(=O)c2ccc(F)c(-c3c(F)cc(OC[C@H](O)CO)cc3F)n2)C1. The Bertz CT molecular complexity index is 1270. The van der Waals surface area contributed by atoms with Gasteiger partial charge in [-0.1, -0.05) is 6.92 Å². The molecule has 3 aromatic rings. The van der Waals surface area contributed by atoms with Crippen LogP contribution in [0.2, 0.25) is 0 Å². The normalized spacial score (nSPS) is 20.2. The van der Waals surface area contributed by atoms with Crippen LogP contribution in [-0.4, -0.2) is 51.3 Å². The number of aromatic nitrogens is 2. The second-order valence-electron chi connectivity index (χ2n) is 9.88. The molecular formula is C28H30F3N3O4. The summed E-state index contributed by atoms with van der Waals surface area (Å²) in [5, 5.41) is 18.2. The minimum atomic E-state index is -1.24. The van der Waals surface area contributed by atoms with Crippen LogP contribution in [0.15, 0.2) is 42.7 Å². The molecule has 0 radical (unpaired) electrons. The van der Waals surface area contributed by atoms with Gasteiger partial charge in [-0.15, -0.1) is 0 Å². The fraction of sp³-hybridized carbons (Fsp3) is 0.393. The average Bonchev–Trinajstić information content (AvgIpc) is 2.87. The van der Waals surface area contributed by atoms with Crippen LogP contribution in [-0.2, 0) is 6.42 Å². The lowest BCUT2D eigenvalue weighted by atomic mass is 9.75. The number of ketones is 1. The fourth-order valence-electron chi connectivity index (χ4n) is 5.04. The van der Waals surface area contributed by atoms with Gasteiger partial charge in [0.1, 0.15) is 47.3 Å². The third kappa shape index (κ3) is 6.38. The van der Waals surface area contributed by atoms with Gasteiger partial charge < -0.3 is 20.7 Å². The van der Waals surface area contributed by atoms with Crippen LogP contribution in [0.1, 0.15) is 53.7 Å². The van der Waals surface area contributed by atoms with Crippen molar-refractivity contribution in [3.8, 4) is 17.0 Å². The first-order chi connectivity index (χ1) is 18.2. The van der Waals surface area contributed by atoms with E-state index >= 15 is 0 Å². The number of carbonyl (C=O) groups excluding carboxylic acids is 1. The van der Waals surface area contributed by atoms with Crippen LogP contribution in [0.4, 0.5) is 13.2 Å². The second kappa shape index (κ2) is 12.0. The summed E-state index contributed by atoms with van der Waals surface area (Å²) in [5.41, 5.74) is 6.38. The van der Waals surface area contributed by atoms with E-state index in [1.54, 1.807) is 12.4 Å². The van der Waals surface area contributed by atoms with E-state index in [1.165, 1.54) is 6.07 Å². The molecule has 10 heteroatoms. The lowest BCUT2D eigenvalue weighted by Gasteiger charge is -2.32. The van der Waals surface area contributed by atoms with E-state index in [2.05, 4.69) is 16.9 Å². The number of hydrogen-bond donors (Lipinski definition) is 3. The molecule has 2 heterocycles. The molecule has 0 bridgehead atoms. The van der Waals surface area contributed by atoms with Gasteiger partial charge >= 0.3 is 0 Å². The van der Waals surface area contributed by atoms with Crippen LogP contribution >= 0.6 is 0 Å². The molecule has 1 aliphatic carbocycles. The molecule has 1 saturated carbocycles. The van der Waals surface area contributed by atoms with Gasteiger partial charge in [0, 0.05) is 37.0 Å². The van der Waals surface area contributed by atoms with Crippen molar-refractivity contribution in [1.29, 1.82) is 0 Å². The van der Waals surface area contributed by atoms with E-state index in [1.807, 2.05) is 6.07 Å². The second-order valence-corrected chi connectivity index (χ2v) is 9.88. The van der Waals surface area contributed by atoms with Crippen LogP contribution in [0, 0.1) is 23.4 Å². The van der Waals surface area contributed by atoms with Gasteiger partial charge in [0.15, 0.2) is 5.78 Å². The molecule has 2 aromatic heterocycles. The number of benzene rings is 1. The van der Waals surface area contributed by atoms with Crippen molar-refractivity contribution in [1.82, 2.24) is 9.97 Å². The van der Waals surface area contributed by atoms with E-state index in [4.69, 9.17) is 15.6 Å². The molecule has 0 amide bonds. The van der Waals surface area contributed by atoms with Gasteiger partial charge in [-0.2, -0.15) is 0 Å². The molecule has 0 aliphatic heterocycles. The third-order valence-corrected chi connectivity index (χ3v) is 6.75. The highest BCUT2D eigenvalue weighted by atomic mass is 19.1. The zero-order chi connectivity index (χ0) is 27.4. The maximum atomic E-state index is 14.8. The third-order valence-electron chi connectivity index (χ3n) is 6.75. The topological polar surface area (TPSA) is 119 Å². The number of nitrogens with zero attached hydrogens (tertiary/aromatic N) is 2. The molecule has 0 unspecified atom stereocenters. The summed E-state index contributed by atoms with van der Waals surface area (Å²) in [5.74, 6) is -3.41. The zero-order valence-electron chi connectivity index (χ0n) is 20.9. The van der Waals surface area contributed by atoms with Gasteiger partial charge in [-0.3, -0.25) is 9.78 Å². The summed E-state index contributed by atoms with van der Waals surface area (Å²) < 4.78 is 49.4. The average molecular weight is 530 g/mol. The van der Waals surface area contributed by atoms with Crippen molar-refractivity contribution in [2.75, 3.05) is 13.2 Å². The van der Waals surface area contributed by atoms with Crippen molar-refractivity contribution >= 4 is 5.78 Å². The Hall–Kier alpha value is -3.34. The lowest BCUT2D eigenvalue weighted by molar-refractivity contribution is 0.0534. The first-order valence-electron chi connectivity index (χ1n) is 12.5. The molecule has 4 rings (SSSR count). The predicted octanol–water partition coefficient (Wildman–Crippen LogP) is 3.95. The summed E-state index contributed by atoms with van der Waals surface area (Å²) >= 11 is 0. The van der Waals surface area contributed by atoms with Crippen molar-refractivity contribution in [2.45, 2.75) is 50.7 Å². The zero-order valence-corrected chi connectivity index (χ0v) is 20.9. The minimum Gasteiger partial charge on any atom is -0.491 e. The van der Waals surface area contributed by atoms with E-state index < -0.39 is 53.8 Å². The Morgan fingerprint density at radius 3 is 2.55 bits per heavy atom. The highest BCUT2D eigenvalue weighted by Gasteiger charge is 2.28. The molecule has 38 heavy (non-hydrogen) atoms. The first kappa shape index (κ1) is 27.7. The number of Topliss-reactive ketones (excluding diaryl/α,β-unsaturated/α-hetero) is 1. The predicted molar refractivity (Wildman–Crippen MR) is 134 cm³/mol. The Kier molecular flexibility index (Phi) is 8.76. The molecule has 1 aromatic carbocycles. The molecule has 4 N–H and O–H groups in total. The standard InChI is InChI=1S/C28H30F3N3O4/c1-15-6-16(8-18(32)7-15)21-4-5-33-12-17(21)9-26(37)25-3-2-22(29)28(34-25)27-23(30)10-20(11-24(27)31)38-14-19(36)13-35/h2-5,10-12,15-16,18-19,35-36H,6-9,13-14,32H2,1H3/t15-,16+,18-,19+/m0/s1. The van der Waals surface area contributed by atoms with Crippen molar-refractivity contribution < 1.29 is 32.9 Å². The van der Waals surface area contributed by atoms with E-state index in [9.17, 15) is 23.1 Å². The number of nitrogens with two attached hydrogens (primary N) is 1. The molecule has 4 atom stereocenters. The van der Waals surface area contributed by atoms with Crippen molar-refractivity contribution in [3.63, 3.8) is 0 Å². The number of halogens is 3. The lowest BCUT2D eigenvalue weighted by Crippen LogP contribution is -2.31. The summed E-state index contributed by atoms with van der Waals surface area (Å²) in [6.45, 7) is 1.16. The minimum absolute atomic E-state index is 0.0632. The number of pyridine rings is 2. The molecule has 7 nitrogen and oxygen atoms in total. The van der Waals surface area contributed by atoms with E-state index in [0.29, 0.717) is 11.5 Å². The molecule has 202 valence electrons. The van der Waals surface area contributed by atoms with E-state index in [-0.39, 0.29) is 29.8 Å². The summed E-state index contributed by atoms with van der Waals surface area (Å²) in [7, 11) is 0. The molecule has 0 saturated heterocycles. The number of aliphatic hydroxyl groups excluding tert-OH is 2. The summed E-state index contributed by atoms with van der Waals surface area (Å²) in [4.78, 5) is 21.3. The van der Waals surface area contributed by atoms with Crippen molar-refractivity contribution in [2.24, 2.45) is 11.7 Å². The maximum Gasteiger partial charge on any atom is 0.185 e. The monoisotopic (exact) mass is 529 g/mol. The number of hydrogen-bond acceptors (Lipinski definition) is 7. The largest absolute Gasteiger partial charge is 0.491 e. The van der Waals surface area contributed by atoms with Gasteiger partial charge in [-0.05, 0) is 60.4 Å². The van der Waals surface area contributed by atoms with Crippen LogP contribution < -0.4 is 10.5 Å². The molecule has 0 spiro atoms. The van der Waals surface area contributed by atoms with Gasteiger partial charge in [0.05, 0.1) is 12.2 Å². The van der Waals surface area contributed by atoms with Gasteiger partial charge in [-0.25, -0.2) is 18.2 Å². The summed E-state index contributed by atoms with van der Waals surface area (Å²) in [6.07, 6.45) is 4.68. The molecule has 1 aliphatic rings. The Morgan fingerprint density at radius 1 is 1.13 bits per heavy atom. The summed E-state index contributed by atoms with van der Waals surface area (Å²) in [6, 6.07) is 5.71. The number of rotatable bonds is 9. The van der Waals surface area contributed by atoms with Crippen molar-refractivity contribution in [3.05, 3.63) is 77.0 Å². The van der Waals surface area contributed by atoms with Crippen LogP contribution in [0.3, 0.4) is 0 Å². The fourth-order valence-corrected chi connectivity index (χ4v) is 5.04. The van der Waals surface area contributed by atoms with Crippen LogP contribution in [0.5, 0.6) is 5.75 Å². The Balaban J connectivity index is 1.59. The first-order valence-corrected chi connectivity index (χ1v) is 12.5. The number of ether oxygens (including phenoxy) is 1. The quantitative estimate of drug-likeness (QED) is 0.359. The number of aliphatic hydroxyl groups is 2. The number of carbonyl (C=O) groups is 1. The van der Waals surface area contributed by atoms with E-state index in [0.717, 1.165) is 43.0 Å². The highest BCUT2D eigenvalue weighted by Crippen LogP contribution is 2.37.